The quantitative estimate of drug-likeness (QED) is 0.851. The fourth-order valence-electron chi connectivity index (χ4n) is 6.37. The van der Waals surface area contributed by atoms with Gasteiger partial charge >= 0.3 is 0 Å². The van der Waals surface area contributed by atoms with Gasteiger partial charge in [-0.15, -0.1) is 0 Å². The summed E-state index contributed by atoms with van der Waals surface area (Å²) in [6, 6.07) is 5.85. The zero-order valence-corrected chi connectivity index (χ0v) is 14.5. The maximum absolute atomic E-state index is 12.9. The minimum atomic E-state index is -0.245. The van der Waals surface area contributed by atoms with Gasteiger partial charge < -0.3 is 10.2 Å². The summed E-state index contributed by atoms with van der Waals surface area (Å²) >= 11 is 0. The molecule has 132 valence electrons. The van der Waals surface area contributed by atoms with Crippen molar-refractivity contribution in [3.8, 4) is 5.75 Å². The molecule has 0 saturated heterocycles. The molecule has 2 nitrogen and oxygen atoms in total. The highest BCUT2D eigenvalue weighted by molar-refractivity contribution is 5.40. The van der Waals surface area contributed by atoms with Gasteiger partial charge in [-0.05, 0) is 97.3 Å². The fourth-order valence-corrected chi connectivity index (χ4v) is 6.37. The first-order valence-corrected chi connectivity index (χ1v) is 9.60. The molecule has 3 aliphatic rings. The number of benzene rings is 1. The second-order valence-corrected chi connectivity index (χ2v) is 8.61. The van der Waals surface area contributed by atoms with Crippen LogP contribution < -0.4 is 0 Å². The first-order chi connectivity index (χ1) is 11.5. The molecular weight excluding hydrogens is 302 g/mol. The van der Waals surface area contributed by atoms with E-state index in [2.05, 4.69) is 13.0 Å². The summed E-state index contributed by atoms with van der Waals surface area (Å²) in [7, 11) is 0. The third-order valence-corrected chi connectivity index (χ3v) is 7.54. The number of phenols is 1. The van der Waals surface area contributed by atoms with E-state index in [9.17, 15) is 14.6 Å². The van der Waals surface area contributed by atoms with E-state index in [-0.39, 0.29) is 18.2 Å². The second-order valence-electron chi connectivity index (χ2n) is 8.61. The molecule has 0 spiro atoms. The molecule has 0 bridgehead atoms. The van der Waals surface area contributed by atoms with Gasteiger partial charge in [0.15, 0.2) is 0 Å². The normalized spacial score (nSPS) is 40.7. The number of aromatic hydroxyl groups is 1. The van der Waals surface area contributed by atoms with Gasteiger partial charge in [0.25, 0.3) is 0 Å². The van der Waals surface area contributed by atoms with Gasteiger partial charge in [0.05, 0.1) is 12.8 Å². The lowest BCUT2D eigenvalue weighted by atomic mass is 9.52. The van der Waals surface area contributed by atoms with Crippen LogP contribution in [-0.2, 0) is 6.42 Å². The van der Waals surface area contributed by atoms with Crippen molar-refractivity contribution in [3.05, 3.63) is 29.3 Å². The van der Waals surface area contributed by atoms with Crippen molar-refractivity contribution in [2.24, 2.45) is 23.2 Å². The maximum atomic E-state index is 12.9. The predicted molar refractivity (Wildman–Crippen MR) is 92.8 cm³/mol. The third kappa shape index (κ3) is 2.39. The van der Waals surface area contributed by atoms with Crippen LogP contribution in [0.15, 0.2) is 18.2 Å². The van der Waals surface area contributed by atoms with Crippen molar-refractivity contribution >= 4 is 0 Å². The SMILES string of the molecule is C[C@]12CC[C@@H]3c4ccc(O)cc4C[C@@H](CCC[18F])[C@H]3[C@@H]1CC[C@@H]2O. The van der Waals surface area contributed by atoms with Crippen molar-refractivity contribution in [2.75, 3.05) is 6.67 Å². The molecule has 0 aliphatic heterocycles. The van der Waals surface area contributed by atoms with Crippen molar-refractivity contribution < 1.29 is 14.6 Å². The molecule has 0 aromatic heterocycles. The molecule has 3 heteroatoms. The summed E-state index contributed by atoms with van der Waals surface area (Å²) in [6.07, 6.45) is 6.55. The van der Waals surface area contributed by atoms with Gasteiger partial charge in [-0.1, -0.05) is 13.0 Å². The monoisotopic (exact) mass is 331 g/mol. The van der Waals surface area contributed by atoms with Crippen LogP contribution in [0.2, 0.25) is 0 Å². The number of phenolic OH excluding ortho intramolecular Hbond substituents is 1. The Kier molecular flexibility index (Phi) is 4.11. The van der Waals surface area contributed by atoms with Crippen LogP contribution >= 0.6 is 0 Å². The van der Waals surface area contributed by atoms with Crippen LogP contribution in [0.4, 0.5) is 4.39 Å². The molecule has 4 rings (SSSR count). The van der Waals surface area contributed by atoms with Gasteiger partial charge in [0, 0.05) is 0 Å². The molecule has 0 heterocycles. The Balaban J connectivity index is 1.73. The van der Waals surface area contributed by atoms with Gasteiger partial charge in [-0.3, -0.25) is 4.39 Å². The third-order valence-electron chi connectivity index (χ3n) is 7.54. The van der Waals surface area contributed by atoms with Crippen LogP contribution in [0.3, 0.4) is 0 Å². The van der Waals surface area contributed by atoms with E-state index in [1.807, 2.05) is 12.1 Å². The van der Waals surface area contributed by atoms with E-state index in [4.69, 9.17) is 0 Å². The Bertz CT molecular complexity index is 616. The van der Waals surface area contributed by atoms with E-state index in [0.29, 0.717) is 35.8 Å². The Morgan fingerprint density at radius 2 is 2.08 bits per heavy atom. The average molecular weight is 331 g/mol. The second kappa shape index (κ2) is 6.01. The minimum absolute atomic E-state index is 0.0452. The zero-order valence-electron chi connectivity index (χ0n) is 14.5. The Morgan fingerprint density at radius 1 is 1.25 bits per heavy atom. The summed E-state index contributed by atoms with van der Waals surface area (Å²) in [4.78, 5) is 0. The summed E-state index contributed by atoms with van der Waals surface area (Å²) in [5, 5.41) is 20.5. The lowest BCUT2D eigenvalue weighted by molar-refractivity contribution is -0.0397. The molecule has 1 aromatic rings. The first kappa shape index (κ1) is 16.4. The Morgan fingerprint density at radius 3 is 2.88 bits per heavy atom. The molecule has 24 heavy (non-hydrogen) atoms. The number of aliphatic hydroxyl groups is 1. The molecule has 3 aliphatic carbocycles. The van der Waals surface area contributed by atoms with Gasteiger partial charge in [0.1, 0.15) is 5.75 Å². The van der Waals surface area contributed by atoms with E-state index in [0.717, 1.165) is 38.5 Å². The fraction of sp³-hybridized carbons (Fsp3) is 0.714. The molecular formula is C21H29FO2. The number of hydrogen-bond donors (Lipinski definition) is 2. The van der Waals surface area contributed by atoms with E-state index in [1.54, 1.807) is 0 Å². The maximum Gasteiger partial charge on any atom is 0.115 e. The summed E-state index contributed by atoms with van der Waals surface area (Å²) < 4.78 is 12.9. The zero-order chi connectivity index (χ0) is 16.9. The van der Waals surface area contributed by atoms with Crippen molar-refractivity contribution in [1.29, 1.82) is 0 Å². The van der Waals surface area contributed by atoms with E-state index >= 15 is 0 Å². The molecule has 2 fully saturated rings. The number of halogens is 1. The minimum Gasteiger partial charge on any atom is -0.508 e. The van der Waals surface area contributed by atoms with E-state index < -0.39 is 0 Å². The molecule has 2 N–H and O–H groups in total. The molecule has 0 amide bonds. The van der Waals surface area contributed by atoms with Crippen LogP contribution in [0.25, 0.3) is 0 Å². The van der Waals surface area contributed by atoms with Crippen LogP contribution in [0.5, 0.6) is 5.75 Å². The highest BCUT2D eigenvalue weighted by Crippen LogP contribution is 2.62. The lowest BCUT2D eigenvalue weighted by Gasteiger charge is -2.53. The van der Waals surface area contributed by atoms with Gasteiger partial charge in [0.2, 0.25) is 0 Å². The smallest absolute Gasteiger partial charge is 0.115 e. The van der Waals surface area contributed by atoms with Crippen LogP contribution in [0.1, 0.15) is 62.5 Å². The van der Waals surface area contributed by atoms with Crippen LogP contribution in [0, 0.1) is 23.2 Å². The molecule has 2 saturated carbocycles. The summed E-state index contributed by atoms with van der Waals surface area (Å²) in [6.45, 7) is 2.04. The van der Waals surface area contributed by atoms with Crippen LogP contribution in [-0.4, -0.2) is 23.0 Å². The Labute approximate surface area is 144 Å². The Hall–Kier alpha value is -1.09. The highest BCUT2D eigenvalue weighted by atomic mass is 18.2. The number of hydrogen-bond acceptors (Lipinski definition) is 2. The van der Waals surface area contributed by atoms with E-state index in [1.165, 1.54) is 11.1 Å². The number of alkyl halides is 1. The molecule has 0 unspecified atom stereocenters. The molecule has 6 atom stereocenters. The standard InChI is InChI=1S/C21H29FO2/c1-21-9-8-17-16-5-4-15(23)12-14(16)11-13(3-2-10-22)20(17)18(21)6-7-19(21)24/h4-5,12-13,17-20,23-24H,2-3,6-11H2,1H3/t13-,17-,18+,19+,20-,21+/m1/s1/i22-1. The number of rotatable bonds is 3. The van der Waals surface area contributed by atoms with Crippen molar-refractivity contribution in [2.45, 2.75) is 63.9 Å². The topological polar surface area (TPSA) is 40.5 Å². The van der Waals surface area contributed by atoms with Crippen molar-refractivity contribution in [1.82, 2.24) is 0 Å². The predicted octanol–water partition coefficient (Wildman–Crippen LogP) is 4.59. The number of aliphatic hydroxyl groups excluding tert-OH is 1. The molecule has 0 radical (unpaired) electrons. The average Bonchev–Trinajstić information content (AvgIpc) is 2.87. The highest BCUT2D eigenvalue weighted by Gasteiger charge is 2.56. The van der Waals surface area contributed by atoms with Gasteiger partial charge in [-0.2, -0.15) is 0 Å². The largest absolute Gasteiger partial charge is 0.508 e. The van der Waals surface area contributed by atoms with Gasteiger partial charge in [-0.25, -0.2) is 0 Å². The molecule has 1 aromatic carbocycles. The summed E-state index contributed by atoms with van der Waals surface area (Å²) in [5.41, 5.74) is 2.71. The lowest BCUT2D eigenvalue weighted by Crippen LogP contribution is -2.47. The number of fused-ring (bicyclic) bond motifs is 5. The first-order valence-electron chi connectivity index (χ1n) is 9.60. The van der Waals surface area contributed by atoms with Crippen molar-refractivity contribution in [3.63, 3.8) is 0 Å². The summed E-state index contributed by atoms with van der Waals surface area (Å²) in [5.74, 6) is 2.45.